The van der Waals surface area contributed by atoms with E-state index in [4.69, 9.17) is 4.74 Å². The summed E-state index contributed by atoms with van der Waals surface area (Å²) in [6, 6.07) is 5.83. The highest BCUT2D eigenvalue weighted by Gasteiger charge is 2.31. The second-order valence-electron chi connectivity index (χ2n) is 4.54. The van der Waals surface area contributed by atoms with Gasteiger partial charge in [-0.15, -0.1) is 0 Å². The highest BCUT2D eigenvalue weighted by atomic mass is 16.5. The molecule has 0 aliphatic carbocycles. The molecule has 1 amide bonds. The molecule has 1 heterocycles. The fraction of sp³-hybridized carbons (Fsp3) is 0.500. The number of carbonyl (C=O) groups excluding carboxylic acids is 1. The van der Waals surface area contributed by atoms with E-state index in [0.29, 0.717) is 0 Å². The molecule has 1 aromatic carbocycles. The van der Waals surface area contributed by atoms with Gasteiger partial charge in [0.2, 0.25) is 5.91 Å². The fourth-order valence-corrected chi connectivity index (χ4v) is 2.40. The number of ether oxygens (including phenoxy) is 1. The largest absolute Gasteiger partial charge is 0.496 e. The van der Waals surface area contributed by atoms with E-state index < -0.39 is 0 Å². The first-order chi connectivity index (χ1) is 8.67. The summed E-state index contributed by atoms with van der Waals surface area (Å²) >= 11 is 0. The zero-order valence-corrected chi connectivity index (χ0v) is 11.2. The van der Waals surface area contributed by atoms with Crippen LogP contribution >= 0.6 is 0 Å². The maximum atomic E-state index is 12.2. The van der Waals surface area contributed by atoms with Crippen molar-refractivity contribution in [2.24, 2.45) is 0 Å². The fourth-order valence-electron chi connectivity index (χ4n) is 2.40. The lowest BCUT2D eigenvalue weighted by atomic mass is 10.2. The Labute approximate surface area is 108 Å². The van der Waals surface area contributed by atoms with Gasteiger partial charge in [0.05, 0.1) is 13.2 Å². The van der Waals surface area contributed by atoms with Gasteiger partial charge in [-0.2, -0.15) is 0 Å². The van der Waals surface area contributed by atoms with Gasteiger partial charge in [-0.3, -0.25) is 4.79 Å². The number of aryl methyl sites for hydroxylation is 1. The van der Waals surface area contributed by atoms with E-state index in [9.17, 15) is 4.79 Å². The Kier molecular flexibility index (Phi) is 3.87. The van der Waals surface area contributed by atoms with Gasteiger partial charge in [-0.05, 0) is 43.7 Å². The molecular formula is C14H20N2O2. The van der Waals surface area contributed by atoms with Crippen LogP contribution in [0.4, 0.5) is 5.69 Å². The first-order valence-electron chi connectivity index (χ1n) is 6.36. The number of benzene rings is 1. The highest BCUT2D eigenvalue weighted by Crippen LogP contribution is 2.27. The maximum Gasteiger partial charge on any atom is 0.244 e. The molecule has 98 valence electrons. The number of nitrogens with zero attached hydrogens (tertiary/aromatic N) is 1. The third-order valence-corrected chi connectivity index (χ3v) is 3.35. The van der Waals surface area contributed by atoms with Crippen LogP contribution < -0.4 is 15.0 Å². The predicted molar refractivity (Wildman–Crippen MR) is 72.2 cm³/mol. The molecule has 4 heteroatoms. The average Bonchev–Trinajstić information content (AvgIpc) is 2.72. The van der Waals surface area contributed by atoms with Crippen LogP contribution in [0, 0.1) is 6.92 Å². The molecular weight excluding hydrogens is 228 g/mol. The van der Waals surface area contributed by atoms with Gasteiger partial charge >= 0.3 is 0 Å². The van der Waals surface area contributed by atoms with Crippen LogP contribution in [0.2, 0.25) is 0 Å². The first kappa shape index (κ1) is 12.9. The van der Waals surface area contributed by atoms with Crippen molar-refractivity contribution in [1.82, 2.24) is 5.32 Å². The van der Waals surface area contributed by atoms with Gasteiger partial charge in [0.1, 0.15) is 5.75 Å². The minimum absolute atomic E-state index is 0.0302. The number of rotatable bonds is 4. The lowest BCUT2D eigenvalue weighted by molar-refractivity contribution is -0.118. The highest BCUT2D eigenvalue weighted by molar-refractivity contribution is 5.99. The van der Waals surface area contributed by atoms with Gasteiger partial charge in [0.15, 0.2) is 0 Å². The van der Waals surface area contributed by atoms with Gasteiger partial charge in [0, 0.05) is 12.2 Å². The van der Waals surface area contributed by atoms with E-state index in [0.717, 1.165) is 36.5 Å². The van der Waals surface area contributed by atoms with Crippen LogP contribution in [0.1, 0.15) is 18.9 Å². The third-order valence-electron chi connectivity index (χ3n) is 3.35. The van der Waals surface area contributed by atoms with Crippen LogP contribution in [0.15, 0.2) is 18.2 Å². The predicted octanol–water partition coefficient (Wildman–Crippen LogP) is 1.72. The van der Waals surface area contributed by atoms with Crippen molar-refractivity contribution in [2.75, 3.05) is 25.1 Å². The molecule has 1 aliphatic rings. The molecule has 0 radical (unpaired) electrons. The molecule has 0 aromatic heterocycles. The van der Waals surface area contributed by atoms with Crippen molar-refractivity contribution in [1.29, 1.82) is 0 Å². The Bertz CT molecular complexity index is 445. The number of anilines is 1. The van der Waals surface area contributed by atoms with E-state index in [1.165, 1.54) is 0 Å². The Morgan fingerprint density at radius 2 is 2.28 bits per heavy atom. The van der Waals surface area contributed by atoms with Crippen molar-refractivity contribution < 1.29 is 9.53 Å². The number of nitrogens with one attached hydrogen (secondary N) is 1. The molecule has 1 atom stereocenters. The Balaban J connectivity index is 2.18. The Hall–Kier alpha value is -1.55. The maximum absolute atomic E-state index is 12.2. The molecule has 1 fully saturated rings. The Morgan fingerprint density at radius 1 is 1.50 bits per heavy atom. The first-order valence-corrected chi connectivity index (χ1v) is 6.36. The second-order valence-corrected chi connectivity index (χ2v) is 4.54. The zero-order valence-electron chi connectivity index (χ0n) is 11.2. The quantitative estimate of drug-likeness (QED) is 0.882. The molecule has 18 heavy (non-hydrogen) atoms. The van der Waals surface area contributed by atoms with Crippen LogP contribution in [0.5, 0.6) is 5.75 Å². The summed E-state index contributed by atoms with van der Waals surface area (Å²) in [6.45, 7) is 5.62. The van der Waals surface area contributed by atoms with Gasteiger partial charge in [-0.1, -0.05) is 6.92 Å². The van der Waals surface area contributed by atoms with Crippen molar-refractivity contribution >= 4 is 11.6 Å². The lowest BCUT2D eigenvalue weighted by Crippen LogP contribution is -2.38. The summed E-state index contributed by atoms with van der Waals surface area (Å²) in [4.78, 5) is 14.0. The topological polar surface area (TPSA) is 41.6 Å². The number of amides is 1. The molecule has 0 saturated carbocycles. The standard InChI is InChI=1S/C14H20N2O2/c1-4-15-12-7-8-16(14(12)17)11-5-6-13(18-3)10(2)9-11/h5-6,9,12,15H,4,7-8H2,1-3H3. The van der Waals surface area contributed by atoms with Gasteiger partial charge in [0.25, 0.3) is 0 Å². The number of methoxy groups -OCH3 is 1. The minimum Gasteiger partial charge on any atom is -0.496 e. The Morgan fingerprint density at radius 3 is 2.89 bits per heavy atom. The summed E-state index contributed by atoms with van der Waals surface area (Å²) in [5, 5.41) is 3.22. The van der Waals surface area contributed by atoms with Crippen molar-refractivity contribution in [2.45, 2.75) is 26.3 Å². The van der Waals surface area contributed by atoms with Crippen molar-refractivity contribution in [3.8, 4) is 5.75 Å². The summed E-state index contributed by atoms with van der Waals surface area (Å²) in [5.41, 5.74) is 2.01. The van der Waals surface area contributed by atoms with Crippen molar-refractivity contribution in [3.63, 3.8) is 0 Å². The molecule has 0 bridgehead atoms. The summed E-state index contributed by atoms with van der Waals surface area (Å²) in [7, 11) is 1.66. The third kappa shape index (κ3) is 2.34. The van der Waals surface area contributed by atoms with Crippen LogP contribution in [-0.4, -0.2) is 32.1 Å². The zero-order chi connectivity index (χ0) is 13.1. The monoisotopic (exact) mass is 248 g/mol. The van der Waals surface area contributed by atoms with E-state index >= 15 is 0 Å². The summed E-state index contributed by atoms with van der Waals surface area (Å²) in [6.07, 6.45) is 0.873. The van der Waals surface area contributed by atoms with E-state index in [-0.39, 0.29) is 11.9 Å². The smallest absolute Gasteiger partial charge is 0.244 e. The number of hydrogen-bond acceptors (Lipinski definition) is 3. The SMILES string of the molecule is CCNC1CCN(c2ccc(OC)c(C)c2)C1=O. The second kappa shape index (κ2) is 5.40. The molecule has 1 N–H and O–H groups in total. The average molecular weight is 248 g/mol. The number of hydrogen-bond donors (Lipinski definition) is 1. The van der Waals surface area contributed by atoms with Crippen LogP contribution in [0.3, 0.4) is 0 Å². The minimum atomic E-state index is -0.0302. The van der Waals surface area contributed by atoms with Crippen LogP contribution in [-0.2, 0) is 4.79 Å². The molecule has 1 unspecified atom stereocenters. The molecule has 2 rings (SSSR count). The van der Waals surface area contributed by atoms with Gasteiger partial charge in [-0.25, -0.2) is 0 Å². The number of carbonyl (C=O) groups is 1. The molecule has 0 spiro atoms. The van der Waals surface area contributed by atoms with E-state index in [1.807, 2.05) is 36.9 Å². The van der Waals surface area contributed by atoms with Crippen LogP contribution in [0.25, 0.3) is 0 Å². The molecule has 1 saturated heterocycles. The normalized spacial score (nSPS) is 19.4. The van der Waals surface area contributed by atoms with E-state index in [1.54, 1.807) is 7.11 Å². The van der Waals surface area contributed by atoms with Crippen molar-refractivity contribution in [3.05, 3.63) is 23.8 Å². The summed E-state index contributed by atoms with van der Waals surface area (Å²) < 4.78 is 5.23. The lowest BCUT2D eigenvalue weighted by Gasteiger charge is -2.18. The van der Waals surface area contributed by atoms with Gasteiger partial charge < -0.3 is 15.0 Å². The summed E-state index contributed by atoms with van der Waals surface area (Å²) in [5.74, 6) is 1.02. The molecule has 4 nitrogen and oxygen atoms in total. The number of likely N-dealkylation sites (N-methyl/N-ethyl adjacent to an activating group) is 1. The molecule has 1 aliphatic heterocycles. The molecule has 1 aromatic rings. The van der Waals surface area contributed by atoms with E-state index in [2.05, 4.69) is 5.32 Å².